The van der Waals surface area contributed by atoms with Gasteiger partial charge in [0, 0.05) is 24.7 Å². The van der Waals surface area contributed by atoms with E-state index in [4.69, 9.17) is 0 Å². The van der Waals surface area contributed by atoms with Gasteiger partial charge in [0.1, 0.15) is 0 Å². The Morgan fingerprint density at radius 2 is 1.76 bits per heavy atom. The van der Waals surface area contributed by atoms with E-state index in [1.54, 1.807) is 0 Å². The van der Waals surface area contributed by atoms with Crippen LogP contribution in [0, 0.1) is 17.8 Å². The molecule has 2 atom stereocenters. The van der Waals surface area contributed by atoms with E-state index in [0.29, 0.717) is 11.6 Å². The molecule has 2 unspecified atom stereocenters. The first-order valence-electron chi connectivity index (χ1n) is 9.28. The summed E-state index contributed by atoms with van der Waals surface area (Å²) in [6, 6.07) is 0.715. The summed E-state index contributed by atoms with van der Waals surface area (Å²) in [5.41, 5.74) is 0.396. The quantitative estimate of drug-likeness (QED) is 0.764. The van der Waals surface area contributed by atoms with Crippen molar-refractivity contribution in [2.75, 3.05) is 26.2 Å². The van der Waals surface area contributed by atoms with E-state index in [1.807, 2.05) is 0 Å². The van der Waals surface area contributed by atoms with Crippen LogP contribution in [-0.4, -0.2) is 47.6 Å². The van der Waals surface area contributed by atoms with Crippen LogP contribution in [0.25, 0.3) is 0 Å². The zero-order chi connectivity index (χ0) is 15.6. The Balaban J connectivity index is 1.90. The Hall–Kier alpha value is -0.0800. The predicted molar refractivity (Wildman–Crippen MR) is 92.6 cm³/mol. The molecule has 2 heterocycles. The van der Waals surface area contributed by atoms with Gasteiger partial charge in [0.05, 0.1) is 0 Å². The maximum Gasteiger partial charge on any atom is 0.0156 e. The van der Waals surface area contributed by atoms with E-state index in [1.165, 1.54) is 51.9 Å². The van der Waals surface area contributed by atoms with Crippen molar-refractivity contribution in [2.45, 2.75) is 78.8 Å². The van der Waals surface area contributed by atoms with Crippen LogP contribution >= 0.6 is 0 Å². The second kappa shape index (κ2) is 7.00. The third-order valence-electron chi connectivity index (χ3n) is 6.09. The molecule has 2 saturated heterocycles. The maximum atomic E-state index is 2.81. The molecule has 0 saturated carbocycles. The van der Waals surface area contributed by atoms with Crippen molar-refractivity contribution >= 4 is 0 Å². The second-order valence-electron chi connectivity index (χ2n) is 8.85. The molecule has 2 aliphatic heterocycles. The molecule has 0 aliphatic carbocycles. The zero-order valence-electron chi connectivity index (χ0n) is 15.4. The van der Waals surface area contributed by atoms with Crippen molar-refractivity contribution in [3.63, 3.8) is 0 Å². The highest BCUT2D eigenvalue weighted by Crippen LogP contribution is 2.36. The molecule has 2 heteroatoms. The molecule has 0 radical (unpaired) electrons. The Labute approximate surface area is 133 Å². The van der Waals surface area contributed by atoms with Crippen LogP contribution in [0.3, 0.4) is 0 Å². The molecule has 0 N–H and O–H groups in total. The normalized spacial score (nSPS) is 32.0. The van der Waals surface area contributed by atoms with Crippen molar-refractivity contribution in [2.24, 2.45) is 17.8 Å². The number of nitrogens with zero attached hydrogens (tertiary/aromatic N) is 2. The minimum atomic E-state index is 0.396. The molecular weight excluding hydrogens is 256 g/mol. The van der Waals surface area contributed by atoms with E-state index in [0.717, 1.165) is 17.8 Å². The van der Waals surface area contributed by atoms with E-state index >= 15 is 0 Å². The van der Waals surface area contributed by atoms with Crippen molar-refractivity contribution in [1.29, 1.82) is 0 Å². The minimum Gasteiger partial charge on any atom is -0.301 e. The fourth-order valence-corrected chi connectivity index (χ4v) is 4.43. The van der Waals surface area contributed by atoms with Gasteiger partial charge in [-0.15, -0.1) is 0 Å². The molecule has 0 amide bonds. The first-order chi connectivity index (χ1) is 9.79. The van der Waals surface area contributed by atoms with E-state index in [2.05, 4.69) is 51.3 Å². The van der Waals surface area contributed by atoms with Gasteiger partial charge in [-0.25, -0.2) is 0 Å². The number of piperidine rings is 2. The lowest BCUT2D eigenvalue weighted by Gasteiger charge is -2.49. The molecule has 2 fully saturated rings. The second-order valence-corrected chi connectivity index (χ2v) is 8.85. The largest absolute Gasteiger partial charge is 0.301 e. The highest BCUT2D eigenvalue weighted by molar-refractivity contribution is 4.92. The van der Waals surface area contributed by atoms with Crippen LogP contribution < -0.4 is 0 Å². The van der Waals surface area contributed by atoms with E-state index in [9.17, 15) is 0 Å². The third-order valence-corrected chi connectivity index (χ3v) is 6.09. The summed E-state index contributed by atoms with van der Waals surface area (Å²) in [5, 5.41) is 0. The van der Waals surface area contributed by atoms with Crippen molar-refractivity contribution in [3.8, 4) is 0 Å². The van der Waals surface area contributed by atoms with E-state index < -0.39 is 0 Å². The van der Waals surface area contributed by atoms with Crippen LogP contribution in [0.4, 0.5) is 0 Å². The van der Waals surface area contributed by atoms with Crippen molar-refractivity contribution < 1.29 is 0 Å². The molecule has 0 aromatic heterocycles. The van der Waals surface area contributed by atoms with Gasteiger partial charge in [-0.3, -0.25) is 4.90 Å². The monoisotopic (exact) mass is 294 g/mol. The van der Waals surface area contributed by atoms with Crippen LogP contribution in [0.5, 0.6) is 0 Å². The molecule has 2 nitrogen and oxygen atoms in total. The highest BCUT2D eigenvalue weighted by atomic mass is 15.2. The molecule has 124 valence electrons. The molecule has 2 rings (SSSR count). The minimum absolute atomic E-state index is 0.396. The average Bonchev–Trinajstić information content (AvgIpc) is 2.41. The SMILES string of the molecule is CC(C)C1CCN(CC2CCCN(C(C)C)C2)C(C)(C)C1. The standard InChI is InChI=1S/C19H38N2/c1-15(2)18-9-11-21(19(5,6)12-18)14-17-8-7-10-20(13-17)16(3)4/h15-18H,7-14H2,1-6H3. The van der Waals surface area contributed by atoms with E-state index in [-0.39, 0.29) is 0 Å². The Bertz CT molecular complexity index is 322. The fraction of sp³-hybridized carbons (Fsp3) is 1.00. The number of rotatable bonds is 4. The van der Waals surface area contributed by atoms with Crippen LogP contribution in [0.2, 0.25) is 0 Å². The lowest BCUT2D eigenvalue weighted by molar-refractivity contribution is 0.00708. The molecule has 0 aromatic rings. The predicted octanol–water partition coefficient (Wildman–Crippen LogP) is 4.25. The Morgan fingerprint density at radius 1 is 1.05 bits per heavy atom. The summed E-state index contributed by atoms with van der Waals surface area (Å²) in [6.45, 7) is 19.7. The summed E-state index contributed by atoms with van der Waals surface area (Å²) >= 11 is 0. The zero-order valence-corrected chi connectivity index (χ0v) is 15.4. The maximum absolute atomic E-state index is 2.81. The molecular formula is C19H38N2. The van der Waals surface area contributed by atoms with Gasteiger partial charge in [-0.05, 0) is 84.2 Å². The summed E-state index contributed by atoms with van der Waals surface area (Å²) in [5.74, 6) is 2.66. The Morgan fingerprint density at radius 3 is 2.33 bits per heavy atom. The van der Waals surface area contributed by atoms with Crippen LogP contribution in [0.1, 0.15) is 67.2 Å². The highest BCUT2D eigenvalue weighted by Gasteiger charge is 2.37. The van der Waals surface area contributed by atoms with Gasteiger partial charge in [-0.1, -0.05) is 13.8 Å². The number of hydrogen-bond donors (Lipinski definition) is 0. The van der Waals surface area contributed by atoms with Crippen LogP contribution in [-0.2, 0) is 0 Å². The van der Waals surface area contributed by atoms with Gasteiger partial charge in [0.25, 0.3) is 0 Å². The smallest absolute Gasteiger partial charge is 0.0156 e. The summed E-state index contributed by atoms with van der Waals surface area (Å²) in [4.78, 5) is 5.49. The molecule has 0 bridgehead atoms. The Kier molecular flexibility index (Phi) is 5.76. The molecule has 0 spiro atoms. The number of hydrogen-bond acceptors (Lipinski definition) is 2. The van der Waals surface area contributed by atoms with Gasteiger partial charge in [-0.2, -0.15) is 0 Å². The first kappa shape index (κ1) is 17.3. The molecule has 21 heavy (non-hydrogen) atoms. The molecule has 2 aliphatic rings. The summed E-state index contributed by atoms with van der Waals surface area (Å²) < 4.78 is 0. The summed E-state index contributed by atoms with van der Waals surface area (Å²) in [7, 11) is 0. The summed E-state index contributed by atoms with van der Waals surface area (Å²) in [6.07, 6.45) is 5.61. The van der Waals surface area contributed by atoms with Crippen molar-refractivity contribution in [1.82, 2.24) is 9.80 Å². The average molecular weight is 295 g/mol. The van der Waals surface area contributed by atoms with Gasteiger partial charge >= 0.3 is 0 Å². The molecule has 0 aromatic carbocycles. The lowest BCUT2D eigenvalue weighted by atomic mass is 9.76. The van der Waals surface area contributed by atoms with Gasteiger partial charge < -0.3 is 4.90 Å². The van der Waals surface area contributed by atoms with Crippen molar-refractivity contribution in [3.05, 3.63) is 0 Å². The fourth-order valence-electron chi connectivity index (χ4n) is 4.43. The third kappa shape index (κ3) is 4.45. The van der Waals surface area contributed by atoms with Crippen LogP contribution in [0.15, 0.2) is 0 Å². The first-order valence-corrected chi connectivity index (χ1v) is 9.28. The topological polar surface area (TPSA) is 6.48 Å². The van der Waals surface area contributed by atoms with Gasteiger partial charge in [0.15, 0.2) is 0 Å². The van der Waals surface area contributed by atoms with Gasteiger partial charge in [0.2, 0.25) is 0 Å². The lowest BCUT2D eigenvalue weighted by Crippen LogP contribution is -2.54. The number of likely N-dealkylation sites (tertiary alicyclic amines) is 2.